The van der Waals surface area contributed by atoms with Crippen LogP contribution in [0, 0.1) is 5.82 Å². The Kier molecular flexibility index (Phi) is 5.73. The quantitative estimate of drug-likeness (QED) is 0.820. The molecule has 9 heteroatoms. The molecule has 2 aromatic rings. The first kappa shape index (κ1) is 18.7. The molecule has 1 amide bonds. The monoisotopic (exact) mass is 385 g/mol. The third-order valence-electron chi connectivity index (χ3n) is 5.10. The fraction of sp³-hybridized carbons (Fsp3) is 0.474. The van der Waals surface area contributed by atoms with Crippen molar-refractivity contribution in [2.24, 2.45) is 0 Å². The Balaban J connectivity index is 1.31. The van der Waals surface area contributed by atoms with Crippen molar-refractivity contribution < 1.29 is 9.18 Å². The molecule has 1 aromatic heterocycles. The molecule has 2 aliphatic heterocycles. The molecule has 2 saturated heterocycles. The zero-order valence-corrected chi connectivity index (χ0v) is 15.7. The Hall–Kier alpha value is -2.65. The summed E-state index contributed by atoms with van der Waals surface area (Å²) in [5.41, 5.74) is 4.44. The van der Waals surface area contributed by atoms with E-state index in [1.165, 1.54) is 12.1 Å². The van der Waals surface area contributed by atoms with Gasteiger partial charge in [0.2, 0.25) is 11.9 Å². The molecule has 0 unspecified atom stereocenters. The van der Waals surface area contributed by atoms with E-state index >= 15 is 0 Å². The highest BCUT2D eigenvalue weighted by molar-refractivity contribution is 5.77. The molecule has 1 aromatic carbocycles. The number of piperazine rings is 1. The van der Waals surface area contributed by atoms with Crippen molar-refractivity contribution in [1.82, 2.24) is 30.5 Å². The molecule has 0 atom stereocenters. The normalized spacial score (nSPS) is 18.4. The van der Waals surface area contributed by atoms with Gasteiger partial charge in [-0.3, -0.25) is 15.1 Å². The standard InChI is InChI=1S/C19H24FN7O/c20-16-5-3-15(4-6-16)17-13-21-23-19(22-17)26-11-9-25(10-12-26)14-18(28)24-27-7-1-2-8-27/h3-6,13H,1-2,7-12,14H2,(H,24,28). The van der Waals surface area contributed by atoms with Crippen LogP contribution in [0.2, 0.25) is 0 Å². The second-order valence-corrected chi connectivity index (χ2v) is 7.14. The molecule has 2 fully saturated rings. The topological polar surface area (TPSA) is 77.5 Å². The minimum Gasteiger partial charge on any atom is -0.337 e. The Morgan fingerprint density at radius 3 is 2.46 bits per heavy atom. The van der Waals surface area contributed by atoms with Crippen molar-refractivity contribution in [2.75, 3.05) is 50.7 Å². The Morgan fingerprint density at radius 1 is 1.04 bits per heavy atom. The summed E-state index contributed by atoms with van der Waals surface area (Å²) in [4.78, 5) is 21.0. The third-order valence-corrected chi connectivity index (χ3v) is 5.10. The lowest BCUT2D eigenvalue weighted by Crippen LogP contribution is -2.51. The molecule has 0 radical (unpaired) electrons. The van der Waals surface area contributed by atoms with Gasteiger partial charge in [0.25, 0.3) is 0 Å². The van der Waals surface area contributed by atoms with E-state index in [1.54, 1.807) is 18.3 Å². The zero-order chi connectivity index (χ0) is 19.3. The molecule has 2 aliphatic rings. The number of carbonyl (C=O) groups excluding carboxylic acids is 1. The molecule has 28 heavy (non-hydrogen) atoms. The summed E-state index contributed by atoms with van der Waals surface area (Å²) in [6.45, 7) is 5.26. The van der Waals surface area contributed by atoms with Crippen LogP contribution in [-0.4, -0.2) is 76.8 Å². The predicted octanol–water partition coefficient (Wildman–Crippen LogP) is 0.927. The van der Waals surface area contributed by atoms with Gasteiger partial charge in [0, 0.05) is 44.8 Å². The van der Waals surface area contributed by atoms with Gasteiger partial charge in [-0.25, -0.2) is 14.4 Å². The number of carbonyl (C=O) groups is 1. The number of nitrogens with zero attached hydrogens (tertiary/aromatic N) is 6. The highest BCUT2D eigenvalue weighted by Gasteiger charge is 2.22. The van der Waals surface area contributed by atoms with Gasteiger partial charge in [0.15, 0.2) is 0 Å². The van der Waals surface area contributed by atoms with Crippen LogP contribution in [0.5, 0.6) is 0 Å². The molecule has 0 aliphatic carbocycles. The van der Waals surface area contributed by atoms with Gasteiger partial charge >= 0.3 is 0 Å². The maximum absolute atomic E-state index is 13.1. The molecule has 3 heterocycles. The molecular formula is C19H24FN7O. The number of hydrazine groups is 1. The minimum absolute atomic E-state index is 0.0478. The molecule has 4 rings (SSSR count). The Labute approximate surface area is 163 Å². The second-order valence-electron chi connectivity index (χ2n) is 7.14. The fourth-order valence-electron chi connectivity index (χ4n) is 3.54. The summed E-state index contributed by atoms with van der Waals surface area (Å²) in [5.74, 6) is 0.324. The highest BCUT2D eigenvalue weighted by atomic mass is 19.1. The Morgan fingerprint density at radius 2 is 1.75 bits per heavy atom. The first-order valence-corrected chi connectivity index (χ1v) is 9.65. The van der Waals surface area contributed by atoms with Crippen LogP contribution in [0.25, 0.3) is 11.3 Å². The molecule has 0 bridgehead atoms. The second kappa shape index (κ2) is 8.57. The molecular weight excluding hydrogens is 361 g/mol. The van der Waals surface area contributed by atoms with Gasteiger partial charge in [-0.1, -0.05) is 0 Å². The van der Waals surface area contributed by atoms with Gasteiger partial charge in [0.05, 0.1) is 18.4 Å². The van der Waals surface area contributed by atoms with Crippen molar-refractivity contribution in [3.05, 3.63) is 36.3 Å². The van der Waals surface area contributed by atoms with Crippen molar-refractivity contribution in [1.29, 1.82) is 0 Å². The van der Waals surface area contributed by atoms with Gasteiger partial charge in [-0.15, -0.1) is 5.10 Å². The smallest absolute Gasteiger partial charge is 0.248 e. The summed E-state index contributed by atoms with van der Waals surface area (Å²) in [5, 5.41) is 10.2. The van der Waals surface area contributed by atoms with Crippen LogP contribution in [0.3, 0.4) is 0 Å². The average Bonchev–Trinajstić information content (AvgIpc) is 3.22. The lowest BCUT2D eigenvalue weighted by Gasteiger charge is -2.34. The average molecular weight is 385 g/mol. The largest absolute Gasteiger partial charge is 0.337 e. The lowest BCUT2D eigenvalue weighted by molar-refractivity contribution is -0.126. The van der Waals surface area contributed by atoms with Crippen LogP contribution in [0.15, 0.2) is 30.5 Å². The van der Waals surface area contributed by atoms with E-state index in [-0.39, 0.29) is 11.7 Å². The predicted molar refractivity (Wildman–Crippen MR) is 103 cm³/mol. The molecule has 8 nitrogen and oxygen atoms in total. The van der Waals surface area contributed by atoms with Gasteiger partial charge < -0.3 is 4.90 Å². The summed E-state index contributed by atoms with van der Waals surface area (Å²) >= 11 is 0. The number of rotatable bonds is 5. The van der Waals surface area contributed by atoms with Crippen LogP contribution in [-0.2, 0) is 4.79 Å². The SMILES string of the molecule is O=C(CN1CCN(c2nncc(-c3ccc(F)cc3)n2)CC1)NN1CCCC1. The van der Waals surface area contributed by atoms with E-state index in [9.17, 15) is 9.18 Å². The molecule has 1 N–H and O–H groups in total. The number of amides is 1. The Bertz CT molecular complexity index is 802. The molecule has 0 saturated carbocycles. The van der Waals surface area contributed by atoms with Crippen LogP contribution in [0.1, 0.15) is 12.8 Å². The molecule has 148 valence electrons. The summed E-state index contributed by atoms with van der Waals surface area (Å²) < 4.78 is 13.1. The number of hydrogen-bond acceptors (Lipinski definition) is 7. The summed E-state index contributed by atoms with van der Waals surface area (Å²) in [7, 11) is 0. The maximum Gasteiger partial charge on any atom is 0.248 e. The first-order chi connectivity index (χ1) is 13.7. The number of hydrogen-bond donors (Lipinski definition) is 1. The number of aromatic nitrogens is 3. The van der Waals surface area contributed by atoms with Crippen molar-refractivity contribution in [2.45, 2.75) is 12.8 Å². The van der Waals surface area contributed by atoms with Crippen LogP contribution >= 0.6 is 0 Å². The van der Waals surface area contributed by atoms with E-state index < -0.39 is 0 Å². The van der Waals surface area contributed by atoms with E-state index in [2.05, 4.69) is 30.4 Å². The first-order valence-electron chi connectivity index (χ1n) is 9.65. The van der Waals surface area contributed by atoms with Crippen molar-refractivity contribution in [3.8, 4) is 11.3 Å². The zero-order valence-electron chi connectivity index (χ0n) is 15.7. The van der Waals surface area contributed by atoms with E-state index in [4.69, 9.17) is 0 Å². The molecule has 0 spiro atoms. The summed E-state index contributed by atoms with van der Waals surface area (Å²) in [6, 6.07) is 6.17. The number of anilines is 1. The van der Waals surface area contributed by atoms with Crippen molar-refractivity contribution in [3.63, 3.8) is 0 Å². The summed E-state index contributed by atoms with van der Waals surface area (Å²) in [6.07, 6.45) is 3.86. The van der Waals surface area contributed by atoms with Gasteiger partial charge in [-0.05, 0) is 37.1 Å². The van der Waals surface area contributed by atoms with Gasteiger partial charge in [0.1, 0.15) is 5.82 Å². The highest BCUT2D eigenvalue weighted by Crippen LogP contribution is 2.19. The van der Waals surface area contributed by atoms with E-state index in [0.717, 1.165) is 57.7 Å². The van der Waals surface area contributed by atoms with Crippen LogP contribution in [0.4, 0.5) is 10.3 Å². The van der Waals surface area contributed by atoms with Crippen molar-refractivity contribution >= 4 is 11.9 Å². The van der Waals surface area contributed by atoms with Gasteiger partial charge in [-0.2, -0.15) is 5.10 Å². The van der Waals surface area contributed by atoms with Crippen LogP contribution < -0.4 is 10.3 Å². The number of halogens is 1. The lowest BCUT2D eigenvalue weighted by atomic mass is 10.2. The number of benzene rings is 1. The fourth-order valence-corrected chi connectivity index (χ4v) is 3.54. The maximum atomic E-state index is 13.1. The third kappa shape index (κ3) is 4.60. The van der Waals surface area contributed by atoms with E-state index in [0.29, 0.717) is 18.2 Å². The van der Waals surface area contributed by atoms with E-state index in [1.807, 2.05) is 5.01 Å². The minimum atomic E-state index is -0.282. The number of nitrogens with one attached hydrogen (secondary N) is 1.